The number of benzene rings is 2. The first-order chi connectivity index (χ1) is 14.7. The first kappa shape index (κ1) is 18.8. The van der Waals surface area contributed by atoms with E-state index < -0.39 is 6.10 Å². The second-order valence-corrected chi connectivity index (χ2v) is 8.16. The fourth-order valence-corrected chi connectivity index (χ4v) is 4.46. The van der Waals surface area contributed by atoms with E-state index in [9.17, 15) is 4.79 Å². The Labute approximate surface area is 181 Å². The molecule has 0 unspecified atom stereocenters. The van der Waals surface area contributed by atoms with E-state index in [1.54, 1.807) is 23.2 Å². The number of halogens is 1. The Balaban J connectivity index is 1.49. The molecule has 150 valence electrons. The van der Waals surface area contributed by atoms with Crippen molar-refractivity contribution in [3.8, 4) is 11.5 Å². The molecule has 0 N–H and O–H groups in total. The number of nitrogens with zero attached hydrogens (tertiary/aromatic N) is 3. The Morgan fingerprint density at radius 3 is 2.80 bits per heavy atom. The normalized spacial score (nSPS) is 15.2. The fourth-order valence-electron chi connectivity index (χ4n) is 3.21. The number of rotatable bonds is 4. The second-order valence-electron chi connectivity index (χ2n) is 6.72. The molecule has 8 heteroatoms. The predicted molar refractivity (Wildman–Crippen MR) is 116 cm³/mol. The lowest BCUT2D eigenvalue weighted by Crippen LogP contribution is -2.46. The number of anilines is 1. The lowest BCUT2D eigenvalue weighted by atomic mass is 10.2. The molecule has 30 heavy (non-hydrogen) atoms. The Morgan fingerprint density at radius 2 is 1.97 bits per heavy atom. The summed E-state index contributed by atoms with van der Waals surface area (Å²) in [6, 6.07) is 18.4. The molecule has 0 fully saturated rings. The van der Waals surface area contributed by atoms with Crippen molar-refractivity contribution < 1.29 is 14.3 Å². The maximum Gasteiger partial charge on any atom is 0.273 e. The minimum absolute atomic E-state index is 0.130. The lowest BCUT2D eigenvalue weighted by Gasteiger charge is -2.29. The van der Waals surface area contributed by atoms with Crippen LogP contribution in [-0.2, 0) is 11.3 Å². The summed E-state index contributed by atoms with van der Waals surface area (Å²) in [6.07, 6.45) is 0.922. The number of fused-ring (bicyclic) bond motifs is 2. The van der Waals surface area contributed by atoms with Gasteiger partial charge < -0.3 is 9.47 Å². The van der Waals surface area contributed by atoms with Crippen LogP contribution >= 0.6 is 22.9 Å². The van der Waals surface area contributed by atoms with Crippen molar-refractivity contribution in [3.63, 3.8) is 0 Å². The van der Waals surface area contributed by atoms with E-state index in [2.05, 4.69) is 9.97 Å². The van der Waals surface area contributed by atoms with Gasteiger partial charge in [0, 0.05) is 11.2 Å². The summed E-state index contributed by atoms with van der Waals surface area (Å²) in [5.41, 5.74) is 1.53. The van der Waals surface area contributed by atoms with Crippen molar-refractivity contribution >= 4 is 44.2 Å². The van der Waals surface area contributed by atoms with Crippen LogP contribution in [0.4, 0.5) is 5.13 Å². The largest absolute Gasteiger partial charge is 0.485 e. The average Bonchev–Trinajstić information content (AvgIpc) is 3.20. The molecule has 0 radical (unpaired) electrons. The third kappa shape index (κ3) is 3.69. The van der Waals surface area contributed by atoms with Crippen LogP contribution in [0.1, 0.15) is 5.69 Å². The number of pyridine rings is 1. The van der Waals surface area contributed by atoms with Crippen molar-refractivity contribution in [1.82, 2.24) is 9.97 Å². The standard InChI is InChI=1S/C22H16ClN3O3S/c23-14-8-9-16-20(11-14)30-22(25-16)26(12-15-5-3-4-10-24-15)21(27)19-13-28-17-6-1-2-7-18(17)29-19/h1-11,19H,12-13H2/t19-/m1/s1. The average molecular weight is 438 g/mol. The van der Waals surface area contributed by atoms with Gasteiger partial charge in [-0.05, 0) is 42.5 Å². The molecule has 0 spiro atoms. The van der Waals surface area contributed by atoms with E-state index in [0.29, 0.717) is 21.7 Å². The first-order valence-corrected chi connectivity index (χ1v) is 10.5. The summed E-state index contributed by atoms with van der Waals surface area (Å²) in [7, 11) is 0. The lowest BCUT2D eigenvalue weighted by molar-refractivity contribution is -0.127. The quantitative estimate of drug-likeness (QED) is 0.462. The van der Waals surface area contributed by atoms with Crippen LogP contribution in [-0.4, -0.2) is 28.6 Å². The van der Waals surface area contributed by atoms with Gasteiger partial charge in [0.15, 0.2) is 16.6 Å². The maximum absolute atomic E-state index is 13.5. The van der Waals surface area contributed by atoms with E-state index in [4.69, 9.17) is 21.1 Å². The molecule has 2 aromatic heterocycles. The topological polar surface area (TPSA) is 64.6 Å². The van der Waals surface area contributed by atoms with Crippen LogP contribution in [0.15, 0.2) is 66.9 Å². The van der Waals surface area contributed by atoms with Crippen molar-refractivity contribution in [2.75, 3.05) is 11.5 Å². The molecular formula is C22H16ClN3O3S. The van der Waals surface area contributed by atoms with Gasteiger partial charge in [0.05, 0.1) is 22.5 Å². The fraction of sp³-hybridized carbons (Fsp3) is 0.136. The van der Waals surface area contributed by atoms with Gasteiger partial charge in [0.25, 0.3) is 5.91 Å². The Kier molecular flexibility index (Phi) is 4.98. The second kappa shape index (κ2) is 7.93. The summed E-state index contributed by atoms with van der Waals surface area (Å²) in [4.78, 5) is 24.1. The third-order valence-corrected chi connectivity index (χ3v) is 5.94. The highest BCUT2D eigenvalue weighted by atomic mass is 35.5. The van der Waals surface area contributed by atoms with Gasteiger partial charge in [0.2, 0.25) is 6.10 Å². The van der Waals surface area contributed by atoms with Crippen LogP contribution in [0.2, 0.25) is 5.02 Å². The first-order valence-electron chi connectivity index (χ1n) is 9.33. The summed E-state index contributed by atoms with van der Waals surface area (Å²) in [5, 5.41) is 1.19. The zero-order valence-corrected chi connectivity index (χ0v) is 17.3. The predicted octanol–water partition coefficient (Wildman–Crippen LogP) is 4.72. The molecule has 1 atom stereocenters. The molecule has 3 heterocycles. The van der Waals surface area contributed by atoms with E-state index in [0.717, 1.165) is 15.9 Å². The Morgan fingerprint density at radius 1 is 1.13 bits per heavy atom. The van der Waals surface area contributed by atoms with Gasteiger partial charge >= 0.3 is 0 Å². The molecule has 0 bridgehead atoms. The number of ether oxygens (including phenoxy) is 2. The molecule has 1 amide bonds. The van der Waals surface area contributed by atoms with Crippen molar-refractivity contribution in [3.05, 3.63) is 77.6 Å². The molecule has 4 aromatic rings. The summed E-state index contributed by atoms with van der Waals surface area (Å²) in [5.74, 6) is 0.948. The van der Waals surface area contributed by atoms with E-state index >= 15 is 0 Å². The number of hydrogen-bond donors (Lipinski definition) is 0. The van der Waals surface area contributed by atoms with Gasteiger partial charge in [-0.15, -0.1) is 0 Å². The van der Waals surface area contributed by atoms with Crippen molar-refractivity contribution in [2.24, 2.45) is 0 Å². The smallest absolute Gasteiger partial charge is 0.273 e. The van der Waals surface area contributed by atoms with E-state index in [-0.39, 0.29) is 19.1 Å². The molecule has 1 aliphatic rings. The number of thiazole rings is 1. The molecule has 0 saturated heterocycles. The van der Waals surface area contributed by atoms with Crippen molar-refractivity contribution in [1.29, 1.82) is 0 Å². The molecule has 2 aromatic carbocycles. The SMILES string of the molecule is O=C([C@H]1COc2ccccc2O1)N(Cc1ccccn1)c1nc2ccc(Cl)cc2s1. The number of amides is 1. The van der Waals surface area contributed by atoms with Gasteiger partial charge in [-0.1, -0.05) is 41.1 Å². The van der Waals surface area contributed by atoms with Gasteiger partial charge in [-0.2, -0.15) is 0 Å². The Hall–Kier alpha value is -3.16. The highest BCUT2D eigenvalue weighted by molar-refractivity contribution is 7.22. The number of aromatic nitrogens is 2. The number of carbonyl (C=O) groups is 1. The molecule has 5 rings (SSSR count). The van der Waals surface area contributed by atoms with Gasteiger partial charge in [-0.3, -0.25) is 14.7 Å². The molecule has 0 aliphatic carbocycles. The summed E-state index contributed by atoms with van der Waals surface area (Å²) in [6.45, 7) is 0.403. The molecule has 1 aliphatic heterocycles. The summed E-state index contributed by atoms with van der Waals surface area (Å²) >= 11 is 7.52. The monoisotopic (exact) mass is 437 g/mol. The minimum atomic E-state index is -0.779. The summed E-state index contributed by atoms with van der Waals surface area (Å²) < 4.78 is 12.6. The molecule has 6 nitrogen and oxygen atoms in total. The van der Waals surface area contributed by atoms with Crippen LogP contribution in [0, 0.1) is 0 Å². The molecule has 0 saturated carbocycles. The highest BCUT2D eigenvalue weighted by Gasteiger charge is 2.33. The van der Waals surface area contributed by atoms with Gasteiger partial charge in [-0.25, -0.2) is 4.98 Å². The maximum atomic E-state index is 13.5. The van der Waals surface area contributed by atoms with Crippen LogP contribution < -0.4 is 14.4 Å². The minimum Gasteiger partial charge on any atom is -0.485 e. The third-order valence-electron chi connectivity index (χ3n) is 4.67. The van der Waals surface area contributed by atoms with Crippen LogP contribution in [0.5, 0.6) is 11.5 Å². The van der Waals surface area contributed by atoms with E-state index in [1.165, 1.54) is 11.3 Å². The zero-order valence-electron chi connectivity index (χ0n) is 15.7. The van der Waals surface area contributed by atoms with Crippen molar-refractivity contribution in [2.45, 2.75) is 12.6 Å². The molecular weight excluding hydrogens is 422 g/mol. The van der Waals surface area contributed by atoms with E-state index in [1.807, 2.05) is 48.5 Å². The van der Waals surface area contributed by atoms with Gasteiger partial charge in [0.1, 0.15) is 6.61 Å². The number of hydrogen-bond acceptors (Lipinski definition) is 6. The zero-order chi connectivity index (χ0) is 20.5. The van der Waals surface area contributed by atoms with Crippen LogP contribution in [0.25, 0.3) is 10.2 Å². The highest BCUT2D eigenvalue weighted by Crippen LogP contribution is 2.34. The number of carbonyl (C=O) groups excluding carboxylic acids is 1. The number of para-hydroxylation sites is 2. The van der Waals surface area contributed by atoms with Crippen LogP contribution in [0.3, 0.4) is 0 Å². The Bertz CT molecular complexity index is 1210.